The molecule has 0 atom stereocenters. The van der Waals surface area contributed by atoms with Gasteiger partial charge in [0, 0.05) is 43.9 Å². The maximum Gasteiger partial charge on any atom is 0.344 e. The highest BCUT2D eigenvalue weighted by atomic mass is 16.5. The van der Waals surface area contributed by atoms with E-state index in [0.29, 0.717) is 23.5 Å². The lowest BCUT2D eigenvalue weighted by Crippen LogP contribution is -2.28. The van der Waals surface area contributed by atoms with Gasteiger partial charge in [-0.1, -0.05) is 0 Å². The van der Waals surface area contributed by atoms with E-state index in [1.807, 2.05) is 36.4 Å². The molecule has 1 aliphatic heterocycles. The van der Waals surface area contributed by atoms with Crippen molar-refractivity contribution < 1.29 is 13.9 Å². The van der Waals surface area contributed by atoms with E-state index in [4.69, 9.17) is 13.9 Å². The van der Waals surface area contributed by atoms with Crippen molar-refractivity contribution in [1.82, 2.24) is 4.90 Å². The normalized spacial score (nSPS) is 15.4. The fraction of sp³-hybridized carbons (Fsp3) is 0.375. The summed E-state index contributed by atoms with van der Waals surface area (Å²) in [5, 5.41) is 0.899. The predicted molar refractivity (Wildman–Crippen MR) is 120 cm³/mol. The molecule has 1 aliphatic rings. The summed E-state index contributed by atoms with van der Waals surface area (Å²) in [4.78, 5) is 17.5. The summed E-state index contributed by atoms with van der Waals surface area (Å²) in [6, 6.07) is 13.7. The predicted octanol–water partition coefficient (Wildman–Crippen LogP) is 3.76. The van der Waals surface area contributed by atoms with Gasteiger partial charge >= 0.3 is 5.63 Å². The number of hydrogen-bond donors (Lipinski definition) is 0. The third kappa shape index (κ3) is 4.35. The van der Waals surface area contributed by atoms with Crippen molar-refractivity contribution in [3.63, 3.8) is 0 Å². The highest BCUT2D eigenvalue weighted by Crippen LogP contribution is 2.28. The van der Waals surface area contributed by atoms with Crippen LogP contribution in [0, 0.1) is 0 Å². The van der Waals surface area contributed by atoms with Gasteiger partial charge in [-0.25, -0.2) is 4.79 Å². The number of likely N-dealkylation sites (N-methyl/N-ethyl adjacent to an activating group) is 1. The Morgan fingerprint density at radius 1 is 1.00 bits per heavy atom. The van der Waals surface area contributed by atoms with Crippen LogP contribution in [0.1, 0.15) is 12.0 Å². The quantitative estimate of drug-likeness (QED) is 0.599. The number of benzene rings is 2. The van der Waals surface area contributed by atoms with Crippen LogP contribution in [0.25, 0.3) is 22.1 Å². The van der Waals surface area contributed by atoms with Crippen LogP contribution in [-0.2, 0) is 11.3 Å². The number of methoxy groups -OCH3 is 2. The number of anilines is 1. The van der Waals surface area contributed by atoms with Gasteiger partial charge in [0.2, 0.25) is 0 Å². The Labute approximate surface area is 176 Å². The number of fused-ring (bicyclic) bond motifs is 1. The van der Waals surface area contributed by atoms with Crippen LogP contribution >= 0.6 is 0 Å². The van der Waals surface area contributed by atoms with Gasteiger partial charge in [-0.05, 0) is 67.5 Å². The van der Waals surface area contributed by atoms with Crippen molar-refractivity contribution in [2.24, 2.45) is 0 Å². The van der Waals surface area contributed by atoms with Gasteiger partial charge in [-0.15, -0.1) is 0 Å². The summed E-state index contributed by atoms with van der Waals surface area (Å²) >= 11 is 0. The Morgan fingerprint density at radius 3 is 2.67 bits per heavy atom. The largest absolute Gasteiger partial charge is 0.497 e. The molecule has 6 nitrogen and oxygen atoms in total. The topological polar surface area (TPSA) is 55.2 Å². The van der Waals surface area contributed by atoms with E-state index >= 15 is 0 Å². The van der Waals surface area contributed by atoms with Crippen LogP contribution in [0.4, 0.5) is 5.69 Å². The molecular formula is C24H28N2O4. The lowest BCUT2D eigenvalue weighted by molar-refractivity contribution is 0.184. The first-order valence-electron chi connectivity index (χ1n) is 10.3. The third-order valence-electron chi connectivity index (χ3n) is 5.63. The van der Waals surface area contributed by atoms with E-state index in [1.165, 1.54) is 0 Å². The molecular weight excluding hydrogens is 380 g/mol. The number of rotatable bonds is 5. The van der Waals surface area contributed by atoms with Crippen molar-refractivity contribution >= 4 is 16.7 Å². The molecule has 0 saturated carbocycles. The van der Waals surface area contributed by atoms with E-state index in [1.54, 1.807) is 14.2 Å². The van der Waals surface area contributed by atoms with Crippen molar-refractivity contribution in [3.05, 3.63) is 58.4 Å². The molecule has 3 aromatic rings. The van der Waals surface area contributed by atoms with Crippen molar-refractivity contribution in [2.75, 3.05) is 52.3 Å². The monoisotopic (exact) mass is 408 g/mol. The third-order valence-corrected chi connectivity index (χ3v) is 5.63. The van der Waals surface area contributed by atoms with Crippen LogP contribution in [0.2, 0.25) is 0 Å². The molecule has 4 rings (SSSR count). The van der Waals surface area contributed by atoms with Gasteiger partial charge in [0.05, 0.1) is 19.3 Å². The molecule has 0 aliphatic carbocycles. The number of ether oxygens (including phenoxy) is 2. The Hall–Kier alpha value is -2.83. The molecule has 1 saturated heterocycles. The minimum absolute atomic E-state index is 0.355. The SMILES string of the molecule is COCc1cc(OC)cc(-c2cc3ccc(N4CCCN(C)CC4)cc3oc2=O)c1. The fourth-order valence-electron chi connectivity index (χ4n) is 3.99. The van der Waals surface area contributed by atoms with Crippen LogP contribution in [0.15, 0.2) is 51.7 Å². The van der Waals surface area contributed by atoms with E-state index in [9.17, 15) is 4.79 Å². The molecule has 30 heavy (non-hydrogen) atoms. The molecule has 1 aromatic heterocycles. The average molecular weight is 408 g/mol. The standard InChI is InChI=1S/C24H28N2O4/c1-25-7-4-8-26(10-9-25)20-6-5-18-14-22(24(27)30-23(18)15-20)19-11-17(16-28-2)12-21(13-19)29-3/h5-6,11-15H,4,7-10,16H2,1-3H3. The van der Waals surface area contributed by atoms with E-state index < -0.39 is 0 Å². The van der Waals surface area contributed by atoms with Crippen LogP contribution in [-0.4, -0.2) is 52.3 Å². The summed E-state index contributed by atoms with van der Waals surface area (Å²) in [6.07, 6.45) is 1.12. The average Bonchev–Trinajstić information content (AvgIpc) is 2.97. The molecule has 6 heteroatoms. The zero-order chi connectivity index (χ0) is 21.1. The highest BCUT2D eigenvalue weighted by Gasteiger charge is 2.15. The lowest BCUT2D eigenvalue weighted by atomic mass is 10.0. The first-order chi connectivity index (χ1) is 14.6. The lowest BCUT2D eigenvalue weighted by Gasteiger charge is -2.23. The van der Waals surface area contributed by atoms with Gasteiger partial charge in [-0.2, -0.15) is 0 Å². The smallest absolute Gasteiger partial charge is 0.344 e. The van der Waals surface area contributed by atoms with E-state index in [-0.39, 0.29) is 5.63 Å². The Bertz CT molecular complexity index is 1090. The summed E-state index contributed by atoms with van der Waals surface area (Å²) in [6.45, 7) is 4.55. The molecule has 0 spiro atoms. The molecule has 0 N–H and O–H groups in total. The highest BCUT2D eigenvalue weighted by molar-refractivity contribution is 5.84. The Kier molecular flexibility index (Phi) is 6.06. The Morgan fingerprint density at radius 2 is 1.87 bits per heavy atom. The van der Waals surface area contributed by atoms with Crippen molar-refractivity contribution in [3.8, 4) is 16.9 Å². The molecule has 0 bridgehead atoms. The molecule has 1 fully saturated rings. The molecule has 2 heterocycles. The van der Waals surface area contributed by atoms with Crippen LogP contribution < -0.4 is 15.3 Å². The Balaban J connectivity index is 1.71. The molecule has 0 radical (unpaired) electrons. The van der Waals surface area contributed by atoms with E-state index in [0.717, 1.165) is 54.8 Å². The number of nitrogens with zero attached hydrogens (tertiary/aromatic N) is 2. The van der Waals surface area contributed by atoms with Gasteiger partial charge in [0.1, 0.15) is 11.3 Å². The van der Waals surface area contributed by atoms with Crippen molar-refractivity contribution in [1.29, 1.82) is 0 Å². The maximum absolute atomic E-state index is 12.8. The minimum Gasteiger partial charge on any atom is -0.497 e. The summed E-state index contributed by atoms with van der Waals surface area (Å²) in [7, 11) is 5.41. The summed E-state index contributed by atoms with van der Waals surface area (Å²) in [5.41, 5.74) is 3.57. The first kappa shape index (κ1) is 20.4. The van der Waals surface area contributed by atoms with E-state index in [2.05, 4.69) is 22.9 Å². The van der Waals surface area contributed by atoms with Gasteiger partial charge in [0.15, 0.2) is 0 Å². The fourth-order valence-corrected chi connectivity index (χ4v) is 3.99. The zero-order valence-corrected chi connectivity index (χ0v) is 17.8. The molecule has 2 aromatic carbocycles. The summed E-state index contributed by atoms with van der Waals surface area (Å²) < 4.78 is 16.4. The molecule has 0 unspecified atom stereocenters. The zero-order valence-electron chi connectivity index (χ0n) is 17.8. The van der Waals surface area contributed by atoms with Gasteiger partial charge in [-0.3, -0.25) is 0 Å². The molecule has 158 valence electrons. The van der Waals surface area contributed by atoms with Crippen LogP contribution in [0.5, 0.6) is 5.75 Å². The molecule has 0 amide bonds. The minimum atomic E-state index is -0.355. The van der Waals surface area contributed by atoms with Crippen molar-refractivity contribution in [2.45, 2.75) is 13.0 Å². The first-order valence-corrected chi connectivity index (χ1v) is 10.3. The second kappa shape index (κ2) is 8.90. The second-order valence-electron chi connectivity index (χ2n) is 7.82. The maximum atomic E-state index is 12.8. The second-order valence-corrected chi connectivity index (χ2v) is 7.82. The number of hydrogen-bond acceptors (Lipinski definition) is 6. The van der Waals surface area contributed by atoms with Gasteiger partial charge < -0.3 is 23.7 Å². The van der Waals surface area contributed by atoms with Gasteiger partial charge in [0.25, 0.3) is 0 Å². The summed E-state index contributed by atoms with van der Waals surface area (Å²) in [5.74, 6) is 0.681. The van der Waals surface area contributed by atoms with Crippen LogP contribution in [0.3, 0.4) is 0 Å².